The predicted octanol–water partition coefficient (Wildman–Crippen LogP) is 2.38. The number of benzene rings is 1. The Balaban J connectivity index is 1.81. The third kappa shape index (κ3) is 3.29. The molecule has 0 spiro atoms. The number of nitrogens with one attached hydrogen (secondary N) is 1. The second-order valence-corrected chi connectivity index (χ2v) is 5.91. The van der Waals surface area contributed by atoms with Gasteiger partial charge in [-0.05, 0) is 24.7 Å². The summed E-state index contributed by atoms with van der Waals surface area (Å²) in [6, 6.07) is 8.68. The molecule has 0 radical (unpaired) electrons. The van der Waals surface area contributed by atoms with Gasteiger partial charge in [-0.15, -0.1) is 0 Å². The SMILES string of the molecule is CN(Cc1ccc(Cl)cc1)Cn1[nH]c2ncc([N+](=O)[O-])cc2c1=O. The molecule has 0 aliphatic rings. The maximum Gasteiger partial charge on any atom is 0.288 e. The first-order valence-electron chi connectivity index (χ1n) is 7.10. The van der Waals surface area contributed by atoms with Crippen LogP contribution in [-0.4, -0.2) is 31.6 Å². The average molecular weight is 348 g/mol. The van der Waals surface area contributed by atoms with E-state index >= 15 is 0 Å². The third-order valence-corrected chi connectivity index (χ3v) is 3.80. The summed E-state index contributed by atoms with van der Waals surface area (Å²) < 4.78 is 1.37. The Hall–Kier alpha value is -2.71. The van der Waals surface area contributed by atoms with E-state index in [1.54, 1.807) is 0 Å². The molecule has 9 heteroatoms. The number of nitro groups is 1. The minimum atomic E-state index is -0.574. The Morgan fingerprint density at radius 3 is 2.75 bits per heavy atom. The van der Waals surface area contributed by atoms with Crippen LogP contribution in [0.2, 0.25) is 5.02 Å². The average Bonchev–Trinajstić information content (AvgIpc) is 2.85. The Bertz CT molecular complexity index is 948. The molecule has 0 amide bonds. The van der Waals surface area contributed by atoms with E-state index < -0.39 is 4.92 Å². The zero-order valence-electron chi connectivity index (χ0n) is 12.8. The highest BCUT2D eigenvalue weighted by Crippen LogP contribution is 2.14. The highest BCUT2D eigenvalue weighted by Gasteiger charge is 2.14. The van der Waals surface area contributed by atoms with Crippen molar-refractivity contribution in [2.75, 3.05) is 7.05 Å². The Kier molecular flexibility index (Phi) is 4.32. The Labute approximate surface area is 141 Å². The summed E-state index contributed by atoms with van der Waals surface area (Å²) in [6.07, 6.45) is 1.13. The normalized spacial score (nSPS) is 11.3. The number of halogens is 1. The van der Waals surface area contributed by atoms with Crippen molar-refractivity contribution >= 4 is 28.3 Å². The number of aromatic amines is 1. The maximum atomic E-state index is 12.4. The van der Waals surface area contributed by atoms with Crippen molar-refractivity contribution in [3.05, 3.63) is 67.6 Å². The lowest BCUT2D eigenvalue weighted by atomic mass is 10.2. The van der Waals surface area contributed by atoms with Gasteiger partial charge in [-0.1, -0.05) is 23.7 Å². The molecule has 0 saturated heterocycles. The monoisotopic (exact) mass is 347 g/mol. The Morgan fingerprint density at radius 2 is 2.08 bits per heavy atom. The minimum absolute atomic E-state index is 0.198. The second kappa shape index (κ2) is 6.42. The van der Waals surface area contributed by atoms with Crippen molar-refractivity contribution < 1.29 is 4.92 Å². The molecular weight excluding hydrogens is 334 g/mol. The summed E-state index contributed by atoms with van der Waals surface area (Å²) in [5.74, 6) is 0. The number of fused-ring (bicyclic) bond motifs is 1. The van der Waals surface area contributed by atoms with Crippen molar-refractivity contribution in [1.82, 2.24) is 19.7 Å². The highest BCUT2D eigenvalue weighted by molar-refractivity contribution is 6.30. The fourth-order valence-corrected chi connectivity index (χ4v) is 2.55. The van der Waals surface area contributed by atoms with Crippen molar-refractivity contribution in [3.8, 4) is 0 Å². The molecule has 2 aromatic heterocycles. The number of pyridine rings is 1. The van der Waals surface area contributed by atoms with Gasteiger partial charge >= 0.3 is 0 Å². The molecule has 1 N–H and O–H groups in total. The van der Waals surface area contributed by atoms with Crippen LogP contribution < -0.4 is 5.56 Å². The lowest BCUT2D eigenvalue weighted by Gasteiger charge is -2.16. The zero-order chi connectivity index (χ0) is 17.3. The van der Waals surface area contributed by atoms with Gasteiger partial charge in [0, 0.05) is 17.6 Å². The molecule has 3 rings (SSSR count). The second-order valence-electron chi connectivity index (χ2n) is 5.47. The van der Waals surface area contributed by atoms with E-state index in [1.165, 1.54) is 10.7 Å². The van der Waals surface area contributed by atoms with Crippen LogP contribution in [-0.2, 0) is 13.2 Å². The van der Waals surface area contributed by atoms with Crippen LogP contribution in [0.5, 0.6) is 0 Å². The van der Waals surface area contributed by atoms with Gasteiger partial charge in [0.25, 0.3) is 11.2 Å². The van der Waals surface area contributed by atoms with Crippen molar-refractivity contribution in [3.63, 3.8) is 0 Å². The first-order valence-corrected chi connectivity index (χ1v) is 7.48. The number of rotatable bonds is 5. The van der Waals surface area contributed by atoms with Crippen LogP contribution >= 0.6 is 11.6 Å². The topological polar surface area (TPSA) is 97.1 Å². The molecule has 0 unspecified atom stereocenters. The van der Waals surface area contributed by atoms with Gasteiger partial charge in [0.2, 0.25) is 0 Å². The molecule has 1 aromatic carbocycles. The van der Waals surface area contributed by atoms with Gasteiger partial charge in [-0.25, -0.2) is 9.67 Å². The van der Waals surface area contributed by atoms with Gasteiger partial charge in [0.05, 0.1) is 17.0 Å². The highest BCUT2D eigenvalue weighted by atomic mass is 35.5. The van der Waals surface area contributed by atoms with Crippen molar-refractivity contribution in [2.45, 2.75) is 13.2 Å². The van der Waals surface area contributed by atoms with Crippen molar-refractivity contribution in [1.29, 1.82) is 0 Å². The summed E-state index contributed by atoms with van der Waals surface area (Å²) in [7, 11) is 1.86. The van der Waals surface area contributed by atoms with Crippen LogP contribution in [0.3, 0.4) is 0 Å². The molecule has 24 heavy (non-hydrogen) atoms. The molecule has 2 heterocycles. The van der Waals surface area contributed by atoms with E-state index in [0.29, 0.717) is 23.9 Å². The van der Waals surface area contributed by atoms with E-state index in [-0.39, 0.29) is 16.6 Å². The van der Waals surface area contributed by atoms with E-state index in [0.717, 1.165) is 11.8 Å². The first kappa shape index (κ1) is 16.2. The van der Waals surface area contributed by atoms with Gasteiger partial charge in [-0.2, -0.15) is 0 Å². The van der Waals surface area contributed by atoms with Crippen LogP contribution in [0, 0.1) is 10.1 Å². The zero-order valence-corrected chi connectivity index (χ0v) is 13.5. The predicted molar refractivity (Wildman–Crippen MR) is 89.9 cm³/mol. The molecule has 3 aromatic rings. The van der Waals surface area contributed by atoms with Crippen molar-refractivity contribution in [2.24, 2.45) is 0 Å². The van der Waals surface area contributed by atoms with E-state index in [1.807, 2.05) is 36.2 Å². The summed E-state index contributed by atoms with van der Waals surface area (Å²) >= 11 is 5.86. The summed E-state index contributed by atoms with van der Waals surface area (Å²) in [6.45, 7) is 0.915. The fourth-order valence-electron chi connectivity index (χ4n) is 2.42. The molecule has 0 aliphatic carbocycles. The summed E-state index contributed by atoms with van der Waals surface area (Å²) in [5, 5.41) is 14.5. The standard InChI is InChI=1S/C15H14ClN5O3/c1-19(8-10-2-4-11(16)5-3-10)9-20-15(22)13-6-12(21(23)24)7-17-14(13)18-20/h2-7H,8-9H2,1H3,(H,17,18). The smallest absolute Gasteiger partial charge is 0.283 e. The maximum absolute atomic E-state index is 12.4. The van der Waals surface area contributed by atoms with Gasteiger partial charge in [0.15, 0.2) is 5.65 Å². The van der Waals surface area contributed by atoms with Gasteiger partial charge in [-0.3, -0.25) is 24.9 Å². The van der Waals surface area contributed by atoms with Crippen LogP contribution in [0.4, 0.5) is 5.69 Å². The number of hydrogen-bond donors (Lipinski definition) is 1. The lowest BCUT2D eigenvalue weighted by molar-refractivity contribution is -0.385. The third-order valence-electron chi connectivity index (χ3n) is 3.55. The van der Waals surface area contributed by atoms with Gasteiger partial charge < -0.3 is 0 Å². The van der Waals surface area contributed by atoms with E-state index in [4.69, 9.17) is 11.6 Å². The molecule has 0 bridgehead atoms. The lowest BCUT2D eigenvalue weighted by Crippen LogP contribution is -2.28. The van der Waals surface area contributed by atoms with Crippen LogP contribution in [0.1, 0.15) is 5.56 Å². The van der Waals surface area contributed by atoms with Gasteiger partial charge in [0.1, 0.15) is 6.20 Å². The molecule has 0 aliphatic heterocycles. The quantitative estimate of drug-likeness (QED) is 0.564. The molecule has 0 fully saturated rings. The van der Waals surface area contributed by atoms with Crippen LogP contribution in [0.25, 0.3) is 11.0 Å². The van der Waals surface area contributed by atoms with Crippen LogP contribution in [0.15, 0.2) is 41.3 Å². The molecule has 124 valence electrons. The number of hydrogen-bond acceptors (Lipinski definition) is 5. The molecule has 8 nitrogen and oxygen atoms in total. The molecule has 0 saturated carbocycles. The fraction of sp³-hybridized carbons (Fsp3) is 0.200. The largest absolute Gasteiger partial charge is 0.288 e. The number of H-pyrrole nitrogens is 1. The Morgan fingerprint density at radius 1 is 1.38 bits per heavy atom. The van der Waals surface area contributed by atoms with E-state index in [9.17, 15) is 14.9 Å². The number of aromatic nitrogens is 3. The summed E-state index contributed by atoms with van der Waals surface area (Å²) in [5.41, 5.74) is 0.828. The number of nitrogens with zero attached hydrogens (tertiary/aromatic N) is 4. The first-order chi connectivity index (χ1) is 11.4. The van der Waals surface area contributed by atoms with E-state index in [2.05, 4.69) is 10.1 Å². The molecule has 0 atom stereocenters. The summed E-state index contributed by atoms with van der Waals surface area (Å²) in [4.78, 5) is 28.4. The molecular formula is C15H14ClN5O3. The minimum Gasteiger partial charge on any atom is -0.283 e.